The van der Waals surface area contributed by atoms with Crippen LogP contribution in [0.1, 0.15) is 57.9 Å². The van der Waals surface area contributed by atoms with E-state index in [1.54, 1.807) is 18.2 Å². The molecule has 1 amide bonds. The molecule has 0 radical (unpaired) electrons. The average molecular weight is 330 g/mol. The lowest BCUT2D eigenvalue weighted by Crippen LogP contribution is -2.43. The first-order valence-electron chi connectivity index (χ1n) is 8.77. The Morgan fingerprint density at radius 3 is 2.71 bits per heavy atom. The van der Waals surface area contributed by atoms with E-state index in [1.165, 1.54) is 0 Å². The minimum Gasteiger partial charge on any atom is -0.494 e. The maximum Gasteiger partial charge on any atom is 0.256 e. The van der Waals surface area contributed by atoms with Crippen LogP contribution in [-0.4, -0.2) is 24.7 Å². The molecular formula is C19H26N2O3. The highest BCUT2D eigenvalue weighted by Gasteiger charge is 2.42. The highest BCUT2D eigenvalue weighted by atomic mass is 16.5. The predicted molar refractivity (Wildman–Crippen MR) is 93.0 cm³/mol. The molecule has 1 N–H and O–H groups in total. The number of ether oxygens (including phenoxy) is 2. The Balaban J connectivity index is 2.11. The lowest BCUT2D eigenvalue weighted by Gasteiger charge is -2.27. The second-order valence-corrected chi connectivity index (χ2v) is 6.11. The van der Waals surface area contributed by atoms with Crippen LogP contribution in [0.4, 0.5) is 5.69 Å². The molecule has 0 saturated heterocycles. The lowest BCUT2D eigenvalue weighted by atomic mass is 10.0. The molecule has 0 spiro atoms. The third kappa shape index (κ3) is 4.27. The van der Waals surface area contributed by atoms with Gasteiger partial charge < -0.3 is 14.8 Å². The number of carbonyl (C=O) groups is 1. The summed E-state index contributed by atoms with van der Waals surface area (Å²) >= 11 is 0. The number of hydrogen-bond acceptors (Lipinski definition) is 4. The molecule has 0 atom stereocenters. The van der Waals surface area contributed by atoms with Crippen molar-refractivity contribution in [2.45, 2.75) is 58.0 Å². The average Bonchev–Trinajstić information content (AvgIpc) is 3.06. The van der Waals surface area contributed by atoms with Gasteiger partial charge in [0.25, 0.3) is 5.91 Å². The molecule has 0 aromatic heterocycles. The van der Waals surface area contributed by atoms with Gasteiger partial charge in [-0.15, -0.1) is 0 Å². The molecule has 1 aromatic rings. The molecule has 0 unspecified atom stereocenters. The minimum absolute atomic E-state index is 0.155. The zero-order valence-corrected chi connectivity index (χ0v) is 14.6. The largest absolute Gasteiger partial charge is 0.494 e. The number of nitrogens with zero attached hydrogens (tertiary/aromatic N) is 1. The fourth-order valence-electron chi connectivity index (χ4n) is 3.04. The van der Waals surface area contributed by atoms with Crippen molar-refractivity contribution in [1.29, 1.82) is 5.26 Å². The summed E-state index contributed by atoms with van der Waals surface area (Å²) in [5.74, 6) is 0.497. The van der Waals surface area contributed by atoms with Crippen LogP contribution in [0.2, 0.25) is 0 Å². The highest BCUT2D eigenvalue weighted by Crippen LogP contribution is 2.35. The summed E-state index contributed by atoms with van der Waals surface area (Å²) in [7, 11) is 0. The van der Waals surface area contributed by atoms with Crippen molar-refractivity contribution >= 4 is 11.6 Å². The fourth-order valence-corrected chi connectivity index (χ4v) is 3.04. The first-order chi connectivity index (χ1) is 11.6. The lowest BCUT2D eigenvalue weighted by molar-refractivity contribution is -0.140. The maximum absolute atomic E-state index is 12.7. The van der Waals surface area contributed by atoms with Crippen molar-refractivity contribution in [2.24, 2.45) is 0 Å². The molecule has 1 fully saturated rings. The van der Waals surface area contributed by atoms with Crippen LogP contribution < -0.4 is 10.1 Å². The first-order valence-corrected chi connectivity index (χ1v) is 8.77. The zero-order valence-electron chi connectivity index (χ0n) is 14.6. The van der Waals surface area contributed by atoms with Crippen LogP contribution in [0.15, 0.2) is 18.2 Å². The number of amides is 1. The van der Waals surface area contributed by atoms with Gasteiger partial charge in [0.15, 0.2) is 0 Å². The van der Waals surface area contributed by atoms with E-state index >= 15 is 0 Å². The van der Waals surface area contributed by atoms with E-state index in [0.29, 0.717) is 30.2 Å². The Kier molecular flexibility index (Phi) is 6.62. The monoisotopic (exact) mass is 330 g/mol. The van der Waals surface area contributed by atoms with Crippen molar-refractivity contribution in [2.75, 3.05) is 18.5 Å². The first kappa shape index (κ1) is 18.3. The number of benzene rings is 1. The Morgan fingerprint density at radius 1 is 1.33 bits per heavy atom. The third-order valence-electron chi connectivity index (χ3n) is 4.37. The molecule has 0 bridgehead atoms. The number of unbranched alkanes of at least 4 members (excludes halogenated alkanes) is 1. The van der Waals surface area contributed by atoms with E-state index in [2.05, 4.69) is 18.3 Å². The van der Waals surface area contributed by atoms with Crippen molar-refractivity contribution in [3.05, 3.63) is 23.8 Å². The van der Waals surface area contributed by atoms with Crippen LogP contribution in [-0.2, 0) is 9.53 Å². The van der Waals surface area contributed by atoms with Gasteiger partial charge >= 0.3 is 0 Å². The third-order valence-corrected chi connectivity index (χ3v) is 4.37. The van der Waals surface area contributed by atoms with Gasteiger partial charge in [-0.25, -0.2) is 0 Å². The second-order valence-electron chi connectivity index (χ2n) is 6.11. The van der Waals surface area contributed by atoms with Crippen molar-refractivity contribution < 1.29 is 14.3 Å². The van der Waals surface area contributed by atoms with E-state index in [4.69, 9.17) is 9.47 Å². The summed E-state index contributed by atoms with van der Waals surface area (Å²) in [5, 5.41) is 12.3. The smallest absolute Gasteiger partial charge is 0.256 e. The molecule has 0 heterocycles. The minimum atomic E-state index is -0.752. The molecule has 5 heteroatoms. The molecule has 1 saturated carbocycles. The topological polar surface area (TPSA) is 71.3 Å². The predicted octanol–water partition coefficient (Wildman–Crippen LogP) is 4.02. The van der Waals surface area contributed by atoms with E-state index in [-0.39, 0.29) is 5.91 Å². The van der Waals surface area contributed by atoms with Gasteiger partial charge in [0, 0.05) is 6.61 Å². The van der Waals surface area contributed by atoms with Gasteiger partial charge in [-0.05, 0) is 57.2 Å². The quantitative estimate of drug-likeness (QED) is 0.731. The van der Waals surface area contributed by atoms with Gasteiger partial charge in [-0.2, -0.15) is 5.26 Å². The summed E-state index contributed by atoms with van der Waals surface area (Å²) in [6, 6.07) is 7.32. The number of rotatable bonds is 8. The Labute approximate surface area is 144 Å². The molecule has 130 valence electrons. The van der Waals surface area contributed by atoms with Crippen LogP contribution in [0.25, 0.3) is 0 Å². The molecular weight excluding hydrogens is 304 g/mol. The van der Waals surface area contributed by atoms with Gasteiger partial charge in [-0.1, -0.05) is 13.3 Å². The summed E-state index contributed by atoms with van der Waals surface area (Å²) in [6.07, 6.45) is 5.46. The summed E-state index contributed by atoms with van der Waals surface area (Å²) in [4.78, 5) is 12.7. The van der Waals surface area contributed by atoms with Crippen molar-refractivity contribution in [3.8, 4) is 11.8 Å². The molecule has 2 rings (SSSR count). The Bertz CT molecular complexity index is 601. The summed E-state index contributed by atoms with van der Waals surface area (Å²) in [5.41, 5.74) is 0.163. The number of nitriles is 1. The van der Waals surface area contributed by atoms with E-state index in [9.17, 15) is 10.1 Å². The van der Waals surface area contributed by atoms with Gasteiger partial charge in [0.1, 0.15) is 17.4 Å². The van der Waals surface area contributed by atoms with Crippen molar-refractivity contribution in [1.82, 2.24) is 0 Å². The molecule has 5 nitrogen and oxygen atoms in total. The molecule has 1 aliphatic rings. The maximum atomic E-state index is 12.7. The van der Waals surface area contributed by atoms with Crippen molar-refractivity contribution in [3.63, 3.8) is 0 Å². The fraction of sp³-hybridized carbons (Fsp3) is 0.579. The van der Waals surface area contributed by atoms with Gasteiger partial charge in [0.2, 0.25) is 0 Å². The molecule has 1 aromatic carbocycles. The Hall–Kier alpha value is -2.06. The standard InChI is InChI=1S/C19H26N2O3/c1-3-5-12-23-16-8-9-17(15(13-16)14-20)21-18(22)19(24-4-2)10-6-7-11-19/h8-9,13H,3-7,10-12H2,1-2H3,(H,21,22). The van der Waals surface area contributed by atoms with Gasteiger partial charge in [0.05, 0.1) is 17.9 Å². The van der Waals surface area contributed by atoms with E-state index in [1.807, 2.05) is 6.92 Å². The van der Waals surface area contributed by atoms with Crippen LogP contribution >= 0.6 is 0 Å². The summed E-state index contributed by atoms with van der Waals surface area (Å²) < 4.78 is 11.4. The molecule has 1 aliphatic carbocycles. The van der Waals surface area contributed by atoms with Gasteiger partial charge in [-0.3, -0.25) is 4.79 Å². The number of hydrogen-bond donors (Lipinski definition) is 1. The van der Waals surface area contributed by atoms with E-state index in [0.717, 1.165) is 38.5 Å². The molecule has 24 heavy (non-hydrogen) atoms. The second kappa shape index (κ2) is 8.70. The SMILES string of the molecule is CCCCOc1ccc(NC(=O)C2(OCC)CCCC2)c(C#N)c1. The van der Waals surface area contributed by atoms with E-state index < -0.39 is 5.60 Å². The van der Waals surface area contributed by atoms with Crippen LogP contribution in [0, 0.1) is 11.3 Å². The normalized spacial score (nSPS) is 15.7. The number of nitrogens with one attached hydrogen (secondary N) is 1. The number of anilines is 1. The number of carbonyl (C=O) groups excluding carboxylic acids is 1. The van der Waals surface area contributed by atoms with Crippen LogP contribution in [0.5, 0.6) is 5.75 Å². The van der Waals surface area contributed by atoms with Crippen LogP contribution in [0.3, 0.4) is 0 Å². The highest BCUT2D eigenvalue weighted by molar-refractivity contribution is 5.98. The Morgan fingerprint density at radius 2 is 2.08 bits per heavy atom. The summed E-state index contributed by atoms with van der Waals surface area (Å²) in [6.45, 7) is 5.12. The zero-order chi connectivity index (χ0) is 17.4. The molecule has 0 aliphatic heterocycles.